The highest BCUT2D eigenvalue weighted by atomic mass is 32.2. The van der Waals surface area contributed by atoms with Crippen LogP contribution >= 0.6 is 11.8 Å². The highest BCUT2D eigenvalue weighted by molar-refractivity contribution is 7.98. The molecule has 0 aliphatic rings. The van der Waals surface area contributed by atoms with Crippen LogP contribution in [-0.4, -0.2) is 5.11 Å². The second kappa shape index (κ2) is 6.03. The molecule has 1 nitrogen and oxygen atoms in total. The predicted molar refractivity (Wildman–Crippen MR) is 73.1 cm³/mol. The van der Waals surface area contributed by atoms with Crippen molar-refractivity contribution in [2.75, 3.05) is 0 Å². The maximum atomic E-state index is 13.7. The number of hydrogen-bond donors (Lipinski definition) is 1. The minimum atomic E-state index is -0.264. The molecule has 0 saturated heterocycles. The van der Waals surface area contributed by atoms with Crippen LogP contribution in [0.15, 0.2) is 47.4 Å². The second-order valence-electron chi connectivity index (χ2n) is 4.14. The summed E-state index contributed by atoms with van der Waals surface area (Å²) in [5, 5.41) is 8.92. The van der Waals surface area contributed by atoms with Crippen molar-refractivity contribution in [2.24, 2.45) is 0 Å². The van der Waals surface area contributed by atoms with Gasteiger partial charge in [-0.2, -0.15) is 0 Å². The Morgan fingerprint density at radius 2 is 1.94 bits per heavy atom. The SMILES string of the molecule is Cc1ccccc1CSc1ccc(CO)cc1F. The number of thioether (sulfide) groups is 1. The van der Waals surface area contributed by atoms with Gasteiger partial charge < -0.3 is 5.11 Å². The Morgan fingerprint density at radius 1 is 1.17 bits per heavy atom. The Hall–Kier alpha value is -1.32. The Labute approximate surface area is 111 Å². The molecule has 0 spiro atoms. The molecule has 0 saturated carbocycles. The highest BCUT2D eigenvalue weighted by Gasteiger charge is 2.05. The van der Waals surface area contributed by atoms with Crippen molar-refractivity contribution in [3.63, 3.8) is 0 Å². The standard InChI is InChI=1S/C15H15FOS/c1-11-4-2-3-5-13(11)10-18-15-7-6-12(9-17)8-14(15)16/h2-8,17H,9-10H2,1H3. The topological polar surface area (TPSA) is 20.2 Å². The van der Waals surface area contributed by atoms with Crippen LogP contribution in [0, 0.1) is 12.7 Å². The fraction of sp³-hybridized carbons (Fsp3) is 0.200. The Morgan fingerprint density at radius 3 is 2.61 bits per heavy atom. The summed E-state index contributed by atoms with van der Waals surface area (Å²) in [5.74, 6) is 0.488. The van der Waals surface area contributed by atoms with Crippen LogP contribution in [0.2, 0.25) is 0 Å². The first-order valence-corrected chi connectivity index (χ1v) is 6.76. The molecule has 2 aromatic carbocycles. The molecular formula is C15H15FOS. The number of aliphatic hydroxyl groups is 1. The molecule has 0 atom stereocenters. The van der Waals surface area contributed by atoms with E-state index in [0.717, 1.165) is 5.75 Å². The Kier molecular flexibility index (Phi) is 4.39. The largest absolute Gasteiger partial charge is 0.392 e. The van der Waals surface area contributed by atoms with Crippen LogP contribution in [0.25, 0.3) is 0 Å². The van der Waals surface area contributed by atoms with E-state index < -0.39 is 0 Å². The van der Waals surface area contributed by atoms with Crippen molar-refractivity contribution < 1.29 is 9.50 Å². The summed E-state index contributed by atoms with van der Waals surface area (Å²) in [6, 6.07) is 13.0. The fourth-order valence-corrected chi connectivity index (χ4v) is 2.68. The fourth-order valence-electron chi connectivity index (χ4n) is 1.69. The molecule has 0 amide bonds. The zero-order chi connectivity index (χ0) is 13.0. The lowest BCUT2D eigenvalue weighted by atomic mass is 10.1. The van der Waals surface area contributed by atoms with Gasteiger partial charge in [0.15, 0.2) is 0 Å². The summed E-state index contributed by atoms with van der Waals surface area (Å²) in [6.07, 6.45) is 0. The van der Waals surface area contributed by atoms with E-state index in [2.05, 4.69) is 19.1 Å². The third-order valence-corrected chi connectivity index (χ3v) is 3.92. The molecule has 0 aliphatic carbocycles. The van der Waals surface area contributed by atoms with E-state index in [1.165, 1.54) is 29.0 Å². The van der Waals surface area contributed by atoms with Gasteiger partial charge in [-0.05, 0) is 35.7 Å². The van der Waals surface area contributed by atoms with E-state index in [4.69, 9.17) is 5.11 Å². The molecule has 0 aromatic heterocycles. The monoisotopic (exact) mass is 262 g/mol. The van der Waals surface area contributed by atoms with Crippen LogP contribution < -0.4 is 0 Å². The molecule has 1 N–H and O–H groups in total. The van der Waals surface area contributed by atoms with Gasteiger partial charge >= 0.3 is 0 Å². The van der Waals surface area contributed by atoms with Crippen molar-refractivity contribution in [3.8, 4) is 0 Å². The molecule has 2 aromatic rings. The van der Waals surface area contributed by atoms with Crippen molar-refractivity contribution >= 4 is 11.8 Å². The van der Waals surface area contributed by atoms with Gasteiger partial charge in [0.05, 0.1) is 6.61 Å². The first kappa shape index (κ1) is 13.1. The average Bonchev–Trinajstić information content (AvgIpc) is 2.39. The van der Waals surface area contributed by atoms with Crippen molar-refractivity contribution in [1.82, 2.24) is 0 Å². The summed E-state index contributed by atoms with van der Waals surface area (Å²) in [5.41, 5.74) is 3.04. The van der Waals surface area contributed by atoms with Gasteiger partial charge in [-0.3, -0.25) is 0 Å². The van der Waals surface area contributed by atoms with Crippen molar-refractivity contribution in [1.29, 1.82) is 0 Å². The van der Waals surface area contributed by atoms with Crippen LogP contribution in [-0.2, 0) is 12.4 Å². The van der Waals surface area contributed by atoms with E-state index >= 15 is 0 Å². The molecule has 18 heavy (non-hydrogen) atoms. The number of benzene rings is 2. The number of aliphatic hydroxyl groups excluding tert-OH is 1. The molecule has 0 heterocycles. The van der Waals surface area contributed by atoms with Crippen LogP contribution in [0.5, 0.6) is 0 Å². The molecule has 0 aliphatic heterocycles. The zero-order valence-electron chi connectivity index (χ0n) is 10.2. The smallest absolute Gasteiger partial charge is 0.137 e. The Bertz CT molecular complexity index is 540. The van der Waals surface area contributed by atoms with Gasteiger partial charge in [0.2, 0.25) is 0 Å². The third kappa shape index (κ3) is 3.12. The summed E-state index contributed by atoms with van der Waals surface area (Å²) < 4.78 is 13.7. The van der Waals surface area contributed by atoms with E-state index in [1.54, 1.807) is 12.1 Å². The lowest BCUT2D eigenvalue weighted by Crippen LogP contribution is -1.89. The lowest BCUT2D eigenvalue weighted by molar-refractivity contribution is 0.281. The van der Waals surface area contributed by atoms with Gasteiger partial charge in [-0.15, -0.1) is 11.8 Å². The molecule has 3 heteroatoms. The molecule has 0 bridgehead atoms. The molecule has 94 valence electrons. The van der Waals surface area contributed by atoms with Crippen LogP contribution in [0.4, 0.5) is 4.39 Å². The third-order valence-electron chi connectivity index (χ3n) is 2.82. The van der Waals surface area contributed by atoms with Crippen molar-refractivity contribution in [3.05, 3.63) is 65.0 Å². The van der Waals surface area contributed by atoms with Gasteiger partial charge in [-0.1, -0.05) is 30.3 Å². The van der Waals surface area contributed by atoms with Gasteiger partial charge in [0.25, 0.3) is 0 Å². The predicted octanol–water partition coefficient (Wildman–Crippen LogP) is 3.92. The first-order valence-electron chi connectivity index (χ1n) is 5.77. The normalized spacial score (nSPS) is 10.6. The highest BCUT2D eigenvalue weighted by Crippen LogP contribution is 2.27. The van der Waals surface area contributed by atoms with Gasteiger partial charge in [0.1, 0.15) is 5.82 Å². The zero-order valence-corrected chi connectivity index (χ0v) is 11.0. The number of halogens is 1. The number of rotatable bonds is 4. The molecule has 2 rings (SSSR count). The Balaban J connectivity index is 2.09. The minimum Gasteiger partial charge on any atom is -0.392 e. The van der Waals surface area contributed by atoms with Crippen LogP contribution in [0.1, 0.15) is 16.7 Å². The quantitative estimate of drug-likeness (QED) is 0.843. The summed E-state index contributed by atoms with van der Waals surface area (Å²) in [4.78, 5) is 0.621. The first-order chi connectivity index (χ1) is 8.70. The number of aryl methyl sites for hydroxylation is 1. The maximum Gasteiger partial charge on any atom is 0.137 e. The summed E-state index contributed by atoms with van der Waals surface area (Å²) in [6.45, 7) is 1.93. The van der Waals surface area contributed by atoms with Crippen molar-refractivity contribution in [2.45, 2.75) is 24.2 Å². The molecule has 0 fully saturated rings. The average molecular weight is 262 g/mol. The van der Waals surface area contributed by atoms with E-state index in [1.807, 2.05) is 12.1 Å². The minimum absolute atomic E-state index is 0.125. The molecule has 0 unspecified atom stereocenters. The number of hydrogen-bond acceptors (Lipinski definition) is 2. The molecular weight excluding hydrogens is 247 g/mol. The van der Waals surface area contributed by atoms with Gasteiger partial charge in [-0.25, -0.2) is 4.39 Å². The molecule has 0 radical (unpaired) electrons. The maximum absolute atomic E-state index is 13.7. The van der Waals surface area contributed by atoms with E-state index in [0.29, 0.717) is 10.5 Å². The van der Waals surface area contributed by atoms with E-state index in [9.17, 15) is 4.39 Å². The lowest BCUT2D eigenvalue weighted by Gasteiger charge is -2.07. The van der Waals surface area contributed by atoms with E-state index in [-0.39, 0.29) is 12.4 Å². The van der Waals surface area contributed by atoms with Gasteiger partial charge in [0, 0.05) is 10.6 Å². The summed E-state index contributed by atoms with van der Waals surface area (Å²) >= 11 is 1.48. The second-order valence-corrected chi connectivity index (χ2v) is 5.16. The van der Waals surface area contributed by atoms with Crippen LogP contribution in [0.3, 0.4) is 0 Å². The summed E-state index contributed by atoms with van der Waals surface area (Å²) in [7, 11) is 0.